The molecule has 0 fully saturated rings. The normalized spacial score (nSPS) is 11.6. The molecular formula is C21H21FN3O3+. The molecule has 2 aromatic carbocycles. The van der Waals surface area contributed by atoms with Crippen molar-refractivity contribution in [1.82, 2.24) is 0 Å². The van der Waals surface area contributed by atoms with Crippen LogP contribution in [0.5, 0.6) is 0 Å². The number of nitrogens with one attached hydrogen (secondary N) is 2. The second-order valence-electron chi connectivity index (χ2n) is 6.30. The Morgan fingerprint density at radius 3 is 2.50 bits per heavy atom. The highest BCUT2D eigenvalue weighted by atomic mass is 19.1. The first-order valence-corrected chi connectivity index (χ1v) is 8.85. The molecule has 28 heavy (non-hydrogen) atoms. The summed E-state index contributed by atoms with van der Waals surface area (Å²) in [5.41, 5.74) is 1.19. The van der Waals surface area contributed by atoms with Crippen molar-refractivity contribution in [3.05, 3.63) is 84.1 Å². The minimum absolute atomic E-state index is 0.00207. The van der Waals surface area contributed by atoms with Crippen molar-refractivity contribution in [3.8, 4) is 0 Å². The number of nitrogens with two attached hydrogens (primary N) is 1. The Bertz CT molecular complexity index is 940. The summed E-state index contributed by atoms with van der Waals surface area (Å²) in [6, 6.07) is 15.8. The molecule has 0 spiro atoms. The first kappa shape index (κ1) is 19.3. The lowest BCUT2D eigenvalue weighted by Crippen LogP contribution is -2.86. The van der Waals surface area contributed by atoms with Gasteiger partial charge in [0.15, 0.2) is 12.3 Å². The number of benzene rings is 2. The number of hydrogen-bond donors (Lipinski definition) is 3. The number of rotatable bonds is 7. The highest BCUT2D eigenvalue weighted by Gasteiger charge is 2.16. The first-order valence-electron chi connectivity index (χ1n) is 8.85. The quantitative estimate of drug-likeness (QED) is 0.587. The second-order valence-corrected chi connectivity index (χ2v) is 6.30. The van der Waals surface area contributed by atoms with E-state index in [1.807, 2.05) is 18.3 Å². The van der Waals surface area contributed by atoms with Gasteiger partial charge >= 0.3 is 0 Å². The summed E-state index contributed by atoms with van der Waals surface area (Å²) in [4.78, 5) is 24.9. The molecule has 7 heteroatoms. The largest absolute Gasteiger partial charge is 0.463 e. The Labute approximate surface area is 161 Å². The predicted molar refractivity (Wildman–Crippen MR) is 103 cm³/mol. The van der Waals surface area contributed by atoms with Crippen LogP contribution in [0.1, 0.15) is 29.1 Å². The average Bonchev–Trinajstić information content (AvgIpc) is 3.23. The van der Waals surface area contributed by atoms with Gasteiger partial charge in [0.1, 0.15) is 11.9 Å². The molecule has 1 atom stereocenters. The number of carbonyl (C=O) groups excluding carboxylic acids is 2. The molecular weight excluding hydrogens is 361 g/mol. The fraction of sp³-hybridized carbons (Fsp3) is 0.143. The van der Waals surface area contributed by atoms with Gasteiger partial charge in [-0.15, -0.1) is 0 Å². The Kier molecular flexibility index (Phi) is 6.18. The van der Waals surface area contributed by atoms with Gasteiger partial charge in [0.25, 0.3) is 11.8 Å². The molecule has 3 rings (SSSR count). The van der Waals surface area contributed by atoms with Gasteiger partial charge in [-0.05, 0) is 55.5 Å². The average molecular weight is 382 g/mol. The third-order valence-corrected chi connectivity index (χ3v) is 4.20. The zero-order chi connectivity index (χ0) is 19.9. The Balaban J connectivity index is 1.62. The number of quaternary nitrogens is 1. The summed E-state index contributed by atoms with van der Waals surface area (Å²) >= 11 is 0. The number of para-hydroxylation sites is 1. The SMILES string of the molecule is C[C@@H]([NH2+]CC(=O)Nc1ccccc1C(=O)Nc1ccc(F)cc1)c1ccco1. The number of furan rings is 1. The van der Waals surface area contributed by atoms with E-state index in [1.165, 1.54) is 24.3 Å². The van der Waals surface area contributed by atoms with Gasteiger partial charge in [-0.25, -0.2) is 4.39 Å². The molecule has 6 nitrogen and oxygen atoms in total. The lowest BCUT2D eigenvalue weighted by molar-refractivity contribution is -0.684. The van der Waals surface area contributed by atoms with Crippen LogP contribution in [0.3, 0.4) is 0 Å². The smallest absolute Gasteiger partial charge is 0.279 e. The van der Waals surface area contributed by atoms with Gasteiger partial charge in [-0.2, -0.15) is 0 Å². The van der Waals surface area contributed by atoms with Crippen LogP contribution in [0.4, 0.5) is 15.8 Å². The van der Waals surface area contributed by atoms with Crippen molar-refractivity contribution in [2.24, 2.45) is 0 Å². The van der Waals surface area contributed by atoms with Crippen LogP contribution in [-0.2, 0) is 4.79 Å². The van der Waals surface area contributed by atoms with E-state index in [2.05, 4.69) is 10.6 Å². The molecule has 2 amide bonds. The molecule has 4 N–H and O–H groups in total. The van der Waals surface area contributed by atoms with Crippen molar-refractivity contribution >= 4 is 23.2 Å². The van der Waals surface area contributed by atoms with Crippen LogP contribution >= 0.6 is 0 Å². The molecule has 1 aromatic heterocycles. The lowest BCUT2D eigenvalue weighted by atomic mass is 10.1. The fourth-order valence-corrected chi connectivity index (χ4v) is 2.67. The molecule has 0 aliphatic rings. The third-order valence-electron chi connectivity index (χ3n) is 4.20. The Morgan fingerprint density at radius 1 is 1.04 bits per heavy atom. The minimum atomic E-state index is -0.393. The topological polar surface area (TPSA) is 88.0 Å². The van der Waals surface area contributed by atoms with E-state index in [0.717, 1.165) is 5.76 Å². The number of amides is 2. The van der Waals surface area contributed by atoms with Gasteiger partial charge in [0.2, 0.25) is 0 Å². The van der Waals surface area contributed by atoms with Gasteiger partial charge in [0, 0.05) is 5.69 Å². The van der Waals surface area contributed by atoms with Gasteiger partial charge in [-0.3, -0.25) is 9.59 Å². The number of anilines is 2. The molecule has 3 aromatic rings. The van der Waals surface area contributed by atoms with Crippen LogP contribution in [0.2, 0.25) is 0 Å². The molecule has 0 unspecified atom stereocenters. The Morgan fingerprint density at radius 2 is 1.79 bits per heavy atom. The highest BCUT2D eigenvalue weighted by molar-refractivity contribution is 6.10. The monoisotopic (exact) mass is 382 g/mol. The summed E-state index contributed by atoms with van der Waals surface area (Å²) in [7, 11) is 0. The van der Waals surface area contributed by atoms with E-state index in [0.29, 0.717) is 16.9 Å². The van der Waals surface area contributed by atoms with Crippen LogP contribution < -0.4 is 16.0 Å². The van der Waals surface area contributed by atoms with Gasteiger partial charge in [-0.1, -0.05) is 12.1 Å². The van der Waals surface area contributed by atoms with E-state index in [9.17, 15) is 14.0 Å². The fourth-order valence-electron chi connectivity index (χ4n) is 2.67. The molecule has 0 saturated carbocycles. The molecule has 0 radical (unpaired) electrons. The standard InChI is InChI=1S/C21H20FN3O3/c1-14(19-7-4-12-28-19)23-13-20(26)25-18-6-3-2-5-17(18)21(27)24-16-10-8-15(22)9-11-16/h2-12,14,23H,13H2,1H3,(H,24,27)(H,25,26)/p+1/t14-/m1/s1. The minimum Gasteiger partial charge on any atom is -0.463 e. The number of hydrogen-bond acceptors (Lipinski definition) is 3. The molecule has 0 bridgehead atoms. The predicted octanol–water partition coefficient (Wildman–Crippen LogP) is 2.93. The van der Waals surface area contributed by atoms with Crippen molar-refractivity contribution in [2.75, 3.05) is 17.2 Å². The first-order chi connectivity index (χ1) is 13.5. The van der Waals surface area contributed by atoms with E-state index < -0.39 is 5.91 Å². The van der Waals surface area contributed by atoms with Gasteiger partial charge < -0.3 is 20.4 Å². The summed E-state index contributed by atoms with van der Waals surface area (Å²) in [6.45, 7) is 2.12. The number of halogens is 1. The zero-order valence-corrected chi connectivity index (χ0v) is 15.3. The van der Waals surface area contributed by atoms with Crippen molar-refractivity contribution in [3.63, 3.8) is 0 Å². The maximum Gasteiger partial charge on any atom is 0.279 e. The summed E-state index contributed by atoms with van der Waals surface area (Å²) in [5.74, 6) is -0.228. The van der Waals surface area contributed by atoms with Crippen molar-refractivity contribution in [1.29, 1.82) is 0 Å². The Hall–Kier alpha value is -3.45. The third kappa shape index (κ3) is 5.05. The molecule has 0 aliphatic heterocycles. The summed E-state index contributed by atoms with van der Waals surface area (Å²) < 4.78 is 18.3. The van der Waals surface area contributed by atoms with Crippen LogP contribution in [0, 0.1) is 5.82 Å². The highest BCUT2D eigenvalue weighted by Crippen LogP contribution is 2.17. The summed E-state index contributed by atoms with van der Waals surface area (Å²) in [6.07, 6.45) is 1.59. The van der Waals surface area contributed by atoms with Crippen molar-refractivity contribution in [2.45, 2.75) is 13.0 Å². The number of carbonyl (C=O) groups is 2. The lowest BCUT2D eigenvalue weighted by Gasteiger charge is -2.12. The molecule has 0 saturated heterocycles. The van der Waals surface area contributed by atoms with Crippen LogP contribution in [-0.4, -0.2) is 18.4 Å². The van der Waals surface area contributed by atoms with E-state index in [-0.39, 0.29) is 24.3 Å². The zero-order valence-electron chi connectivity index (χ0n) is 15.3. The maximum absolute atomic E-state index is 13.0. The van der Waals surface area contributed by atoms with Crippen molar-refractivity contribution < 1.29 is 23.7 Å². The summed E-state index contributed by atoms with van der Waals surface area (Å²) in [5, 5.41) is 7.30. The molecule has 0 aliphatic carbocycles. The van der Waals surface area contributed by atoms with Crippen LogP contribution in [0.25, 0.3) is 0 Å². The van der Waals surface area contributed by atoms with E-state index >= 15 is 0 Å². The molecule has 1 heterocycles. The van der Waals surface area contributed by atoms with E-state index in [1.54, 1.807) is 36.6 Å². The maximum atomic E-state index is 13.0. The van der Waals surface area contributed by atoms with Gasteiger partial charge in [0.05, 0.1) is 17.5 Å². The second kappa shape index (κ2) is 8.96. The van der Waals surface area contributed by atoms with E-state index in [4.69, 9.17) is 4.42 Å². The van der Waals surface area contributed by atoms with Crippen LogP contribution in [0.15, 0.2) is 71.3 Å². The molecule has 144 valence electrons.